The van der Waals surface area contributed by atoms with Gasteiger partial charge in [-0.2, -0.15) is 0 Å². The standard InChI is InChI=1S/C20H16BrClN2O4/c1-12(25)23-14-3-5-15(6-4-14)24-20(26)19-9-7-16(28-19)11-27-18-8-2-13(21)10-17(18)22/h2-10H,11H2,1H3,(H,23,25)(H,24,26). The molecular weight excluding hydrogens is 448 g/mol. The van der Waals surface area contributed by atoms with Gasteiger partial charge in [-0.25, -0.2) is 0 Å². The molecule has 2 amide bonds. The molecule has 6 nitrogen and oxygen atoms in total. The third kappa shape index (κ3) is 5.37. The highest BCUT2D eigenvalue weighted by Gasteiger charge is 2.12. The van der Waals surface area contributed by atoms with Crippen molar-refractivity contribution >= 4 is 50.7 Å². The first-order valence-corrected chi connectivity index (χ1v) is 9.43. The van der Waals surface area contributed by atoms with E-state index < -0.39 is 0 Å². The molecule has 0 aliphatic rings. The molecular formula is C20H16BrClN2O4. The Bertz CT molecular complexity index is 1000. The Kier molecular flexibility index (Phi) is 6.38. The molecule has 0 saturated heterocycles. The minimum Gasteiger partial charge on any atom is -0.484 e. The van der Waals surface area contributed by atoms with Crippen molar-refractivity contribution in [3.63, 3.8) is 0 Å². The van der Waals surface area contributed by atoms with Gasteiger partial charge in [-0.1, -0.05) is 27.5 Å². The second kappa shape index (κ2) is 8.95. The van der Waals surface area contributed by atoms with E-state index in [4.69, 9.17) is 20.8 Å². The van der Waals surface area contributed by atoms with Crippen LogP contribution in [0.3, 0.4) is 0 Å². The number of benzene rings is 2. The number of rotatable bonds is 6. The molecule has 0 saturated carbocycles. The van der Waals surface area contributed by atoms with Crippen LogP contribution >= 0.6 is 27.5 Å². The van der Waals surface area contributed by atoms with E-state index in [1.165, 1.54) is 6.92 Å². The van der Waals surface area contributed by atoms with E-state index in [-0.39, 0.29) is 24.2 Å². The Morgan fingerprint density at radius 1 is 1.04 bits per heavy atom. The summed E-state index contributed by atoms with van der Waals surface area (Å²) < 4.78 is 12.0. The molecule has 0 aliphatic heterocycles. The Morgan fingerprint density at radius 2 is 1.71 bits per heavy atom. The van der Waals surface area contributed by atoms with Gasteiger partial charge >= 0.3 is 0 Å². The Labute approximate surface area is 175 Å². The van der Waals surface area contributed by atoms with E-state index in [1.54, 1.807) is 48.5 Å². The van der Waals surface area contributed by atoms with E-state index in [1.807, 2.05) is 6.07 Å². The molecule has 0 spiro atoms. The zero-order chi connectivity index (χ0) is 20.1. The molecule has 2 N–H and O–H groups in total. The molecule has 3 aromatic rings. The van der Waals surface area contributed by atoms with Crippen LogP contribution in [0.5, 0.6) is 5.75 Å². The van der Waals surface area contributed by atoms with E-state index in [0.717, 1.165) is 4.47 Å². The predicted octanol–water partition coefficient (Wildman–Crippen LogP) is 5.49. The smallest absolute Gasteiger partial charge is 0.291 e. The van der Waals surface area contributed by atoms with Gasteiger partial charge in [0.05, 0.1) is 5.02 Å². The van der Waals surface area contributed by atoms with Crippen molar-refractivity contribution in [3.8, 4) is 5.75 Å². The van der Waals surface area contributed by atoms with Crippen molar-refractivity contribution in [2.75, 3.05) is 10.6 Å². The number of hydrogen-bond donors (Lipinski definition) is 2. The van der Waals surface area contributed by atoms with Crippen molar-refractivity contribution in [1.29, 1.82) is 0 Å². The van der Waals surface area contributed by atoms with Crippen molar-refractivity contribution < 1.29 is 18.7 Å². The second-order valence-electron chi connectivity index (χ2n) is 5.84. The maximum atomic E-state index is 12.3. The molecule has 144 valence electrons. The van der Waals surface area contributed by atoms with E-state index in [0.29, 0.717) is 27.9 Å². The third-order valence-electron chi connectivity index (χ3n) is 3.61. The molecule has 28 heavy (non-hydrogen) atoms. The van der Waals surface area contributed by atoms with Crippen molar-refractivity contribution in [2.24, 2.45) is 0 Å². The summed E-state index contributed by atoms with van der Waals surface area (Å²) in [6.45, 7) is 1.57. The number of hydrogen-bond acceptors (Lipinski definition) is 4. The summed E-state index contributed by atoms with van der Waals surface area (Å²) in [5, 5.41) is 5.86. The van der Waals surface area contributed by atoms with Gasteiger partial charge < -0.3 is 19.8 Å². The lowest BCUT2D eigenvalue weighted by Crippen LogP contribution is -2.11. The minimum atomic E-state index is -0.389. The Balaban J connectivity index is 1.58. The largest absolute Gasteiger partial charge is 0.484 e. The van der Waals surface area contributed by atoms with Crippen molar-refractivity contribution in [1.82, 2.24) is 0 Å². The van der Waals surface area contributed by atoms with Gasteiger partial charge in [0.1, 0.15) is 18.1 Å². The molecule has 0 bridgehead atoms. The SMILES string of the molecule is CC(=O)Nc1ccc(NC(=O)c2ccc(COc3ccc(Br)cc3Cl)o2)cc1. The first-order chi connectivity index (χ1) is 13.4. The lowest BCUT2D eigenvalue weighted by molar-refractivity contribution is -0.114. The molecule has 8 heteroatoms. The lowest BCUT2D eigenvalue weighted by atomic mass is 10.2. The fourth-order valence-corrected chi connectivity index (χ4v) is 3.08. The highest BCUT2D eigenvalue weighted by Crippen LogP contribution is 2.28. The van der Waals surface area contributed by atoms with Gasteiger partial charge in [0.25, 0.3) is 5.91 Å². The topological polar surface area (TPSA) is 80.6 Å². The van der Waals surface area contributed by atoms with Crippen LogP contribution in [0.15, 0.2) is 63.5 Å². The average molecular weight is 464 g/mol. The molecule has 0 unspecified atom stereocenters. The molecule has 0 radical (unpaired) electrons. The fraction of sp³-hybridized carbons (Fsp3) is 0.100. The van der Waals surface area contributed by atoms with Gasteiger partial charge in [0, 0.05) is 22.8 Å². The highest BCUT2D eigenvalue weighted by atomic mass is 79.9. The molecule has 1 heterocycles. The van der Waals surface area contributed by atoms with Gasteiger partial charge in [0.2, 0.25) is 5.91 Å². The van der Waals surface area contributed by atoms with Crippen LogP contribution < -0.4 is 15.4 Å². The lowest BCUT2D eigenvalue weighted by Gasteiger charge is -2.07. The zero-order valence-electron chi connectivity index (χ0n) is 14.8. The van der Waals surface area contributed by atoms with Crippen LogP contribution in [0.4, 0.5) is 11.4 Å². The number of ether oxygens (including phenoxy) is 1. The van der Waals surface area contributed by atoms with Crippen molar-refractivity contribution in [2.45, 2.75) is 13.5 Å². The number of amides is 2. The monoisotopic (exact) mass is 462 g/mol. The third-order valence-corrected chi connectivity index (χ3v) is 4.40. The number of carbonyl (C=O) groups excluding carboxylic acids is 2. The number of anilines is 2. The van der Waals surface area contributed by atoms with E-state index in [9.17, 15) is 9.59 Å². The van der Waals surface area contributed by atoms with Crippen LogP contribution in [-0.2, 0) is 11.4 Å². The fourth-order valence-electron chi connectivity index (χ4n) is 2.35. The van der Waals surface area contributed by atoms with Crippen LogP contribution in [0, 0.1) is 0 Å². The van der Waals surface area contributed by atoms with Crippen molar-refractivity contribution in [3.05, 3.63) is 75.6 Å². The normalized spacial score (nSPS) is 10.4. The Hall–Kier alpha value is -2.77. The maximum absolute atomic E-state index is 12.3. The number of halogens is 2. The van der Waals surface area contributed by atoms with Crippen LogP contribution in [0.25, 0.3) is 0 Å². The molecule has 3 rings (SSSR count). The number of nitrogens with one attached hydrogen (secondary N) is 2. The number of furan rings is 1. The second-order valence-corrected chi connectivity index (χ2v) is 7.16. The van der Waals surface area contributed by atoms with Crippen LogP contribution in [-0.4, -0.2) is 11.8 Å². The quantitative estimate of drug-likeness (QED) is 0.507. The summed E-state index contributed by atoms with van der Waals surface area (Å²) >= 11 is 9.44. The molecule has 0 fully saturated rings. The first kappa shape index (κ1) is 20.0. The van der Waals surface area contributed by atoms with Gasteiger partial charge in [-0.05, 0) is 54.6 Å². The van der Waals surface area contributed by atoms with E-state index >= 15 is 0 Å². The summed E-state index contributed by atoms with van der Waals surface area (Å²) in [6.07, 6.45) is 0. The highest BCUT2D eigenvalue weighted by molar-refractivity contribution is 9.10. The van der Waals surface area contributed by atoms with Gasteiger partial charge in [-0.3, -0.25) is 9.59 Å². The summed E-state index contributed by atoms with van der Waals surface area (Å²) in [4.78, 5) is 23.3. The summed E-state index contributed by atoms with van der Waals surface area (Å²) in [5.74, 6) is 0.620. The van der Waals surface area contributed by atoms with Crippen LogP contribution in [0.1, 0.15) is 23.2 Å². The summed E-state index contributed by atoms with van der Waals surface area (Å²) in [5.41, 5.74) is 1.23. The molecule has 2 aromatic carbocycles. The molecule has 1 aromatic heterocycles. The molecule has 0 aliphatic carbocycles. The summed E-state index contributed by atoms with van der Waals surface area (Å²) in [6, 6.07) is 15.3. The summed E-state index contributed by atoms with van der Waals surface area (Å²) in [7, 11) is 0. The molecule has 0 atom stereocenters. The van der Waals surface area contributed by atoms with Gasteiger partial charge in [0.15, 0.2) is 5.76 Å². The minimum absolute atomic E-state index is 0.139. The number of carbonyl (C=O) groups is 2. The average Bonchev–Trinajstić information content (AvgIpc) is 3.11. The van der Waals surface area contributed by atoms with Crippen LogP contribution in [0.2, 0.25) is 5.02 Å². The maximum Gasteiger partial charge on any atom is 0.291 e. The van der Waals surface area contributed by atoms with E-state index in [2.05, 4.69) is 26.6 Å². The first-order valence-electron chi connectivity index (χ1n) is 8.26. The zero-order valence-corrected chi connectivity index (χ0v) is 17.1. The Morgan fingerprint density at radius 3 is 2.36 bits per heavy atom. The van der Waals surface area contributed by atoms with Gasteiger partial charge in [-0.15, -0.1) is 0 Å². The predicted molar refractivity (Wildman–Crippen MR) is 111 cm³/mol.